The summed E-state index contributed by atoms with van der Waals surface area (Å²) in [6, 6.07) is 7.73. The molecule has 0 aromatic heterocycles. The number of hydrazine groups is 1. The van der Waals surface area contributed by atoms with Crippen LogP contribution in [0.25, 0.3) is 0 Å². The van der Waals surface area contributed by atoms with E-state index in [1.54, 1.807) is 0 Å². The third-order valence-electron chi connectivity index (χ3n) is 3.43. The quantitative estimate of drug-likeness (QED) is 0.781. The number of amides is 1. The van der Waals surface area contributed by atoms with E-state index < -0.39 is 0 Å². The van der Waals surface area contributed by atoms with E-state index in [2.05, 4.69) is 30.0 Å². The van der Waals surface area contributed by atoms with E-state index in [1.165, 1.54) is 0 Å². The first-order valence-electron chi connectivity index (χ1n) is 7.08. The van der Waals surface area contributed by atoms with Crippen LogP contribution in [0.15, 0.2) is 24.3 Å². The van der Waals surface area contributed by atoms with Crippen molar-refractivity contribution < 1.29 is 4.79 Å². The van der Waals surface area contributed by atoms with Crippen LogP contribution in [-0.2, 0) is 11.3 Å². The lowest BCUT2D eigenvalue weighted by Gasteiger charge is -2.12. The minimum absolute atomic E-state index is 0.0405. The molecule has 1 aromatic carbocycles. The van der Waals surface area contributed by atoms with Gasteiger partial charge in [0.15, 0.2) is 0 Å². The fourth-order valence-corrected chi connectivity index (χ4v) is 2.56. The Morgan fingerprint density at radius 1 is 1.35 bits per heavy atom. The summed E-state index contributed by atoms with van der Waals surface area (Å²) in [5.41, 5.74) is 7.32. The molecule has 1 aliphatic rings. The SMILES string of the molecule is CC(C)CC1CC(C(=O)NCc2ccc(Cl)cc2)NN1. The molecule has 0 radical (unpaired) electrons. The standard InChI is InChI=1S/C15H22ClN3O/c1-10(2)7-13-8-14(19-18-13)15(20)17-9-11-3-5-12(16)6-4-11/h3-6,10,13-14,18-19H,7-9H2,1-2H3,(H,17,20). The summed E-state index contributed by atoms with van der Waals surface area (Å²) in [5, 5.41) is 3.66. The van der Waals surface area contributed by atoms with E-state index in [0.29, 0.717) is 23.5 Å². The average molecular weight is 296 g/mol. The number of nitrogens with one attached hydrogen (secondary N) is 3. The number of halogens is 1. The van der Waals surface area contributed by atoms with E-state index in [9.17, 15) is 4.79 Å². The summed E-state index contributed by atoms with van der Waals surface area (Å²) in [4.78, 5) is 12.1. The molecule has 3 N–H and O–H groups in total. The fourth-order valence-electron chi connectivity index (χ4n) is 2.43. The van der Waals surface area contributed by atoms with E-state index in [1.807, 2.05) is 24.3 Å². The molecule has 0 aliphatic carbocycles. The maximum atomic E-state index is 12.1. The lowest BCUT2D eigenvalue weighted by molar-refractivity contribution is -0.123. The molecule has 0 bridgehead atoms. The number of benzene rings is 1. The molecule has 5 heteroatoms. The fraction of sp³-hybridized carbons (Fsp3) is 0.533. The lowest BCUT2D eigenvalue weighted by atomic mass is 10.00. The number of hydrogen-bond donors (Lipinski definition) is 3. The summed E-state index contributed by atoms with van der Waals surface area (Å²) in [7, 11) is 0. The monoisotopic (exact) mass is 295 g/mol. The van der Waals surface area contributed by atoms with Crippen LogP contribution in [-0.4, -0.2) is 18.0 Å². The molecule has 0 spiro atoms. The predicted molar refractivity (Wildman–Crippen MR) is 81.2 cm³/mol. The Balaban J connectivity index is 1.77. The second-order valence-electron chi connectivity index (χ2n) is 5.75. The van der Waals surface area contributed by atoms with E-state index in [4.69, 9.17) is 11.6 Å². The lowest BCUT2D eigenvalue weighted by Crippen LogP contribution is -2.43. The van der Waals surface area contributed by atoms with E-state index in [-0.39, 0.29) is 11.9 Å². The van der Waals surface area contributed by atoms with Crippen LogP contribution < -0.4 is 16.2 Å². The van der Waals surface area contributed by atoms with Gasteiger partial charge in [-0.05, 0) is 36.5 Å². The first kappa shape index (κ1) is 15.3. The highest BCUT2D eigenvalue weighted by molar-refractivity contribution is 6.30. The highest BCUT2D eigenvalue weighted by Gasteiger charge is 2.29. The molecular weight excluding hydrogens is 274 g/mol. The second-order valence-corrected chi connectivity index (χ2v) is 6.18. The minimum Gasteiger partial charge on any atom is -0.351 e. The molecule has 1 amide bonds. The van der Waals surface area contributed by atoms with Crippen molar-refractivity contribution in [1.82, 2.24) is 16.2 Å². The van der Waals surface area contributed by atoms with Crippen LogP contribution in [0, 0.1) is 5.92 Å². The number of rotatable bonds is 5. The van der Waals surface area contributed by atoms with Gasteiger partial charge in [-0.25, -0.2) is 5.43 Å². The summed E-state index contributed by atoms with van der Waals surface area (Å²) in [5.74, 6) is 0.670. The zero-order chi connectivity index (χ0) is 14.5. The number of hydrogen-bond acceptors (Lipinski definition) is 3. The van der Waals surface area contributed by atoms with Crippen LogP contribution in [0.2, 0.25) is 5.02 Å². The van der Waals surface area contributed by atoms with Gasteiger partial charge in [0.1, 0.15) is 6.04 Å². The smallest absolute Gasteiger partial charge is 0.238 e. The maximum Gasteiger partial charge on any atom is 0.238 e. The van der Waals surface area contributed by atoms with Gasteiger partial charge < -0.3 is 5.32 Å². The van der Waals surface area contributed by atoms with Gasteiger partial charge >= 0.3 is 0 Å². The van der Waals surface area contributed by atoms with Crippen molar-refractivity contribution in [2.24, 2.45) is 5.92 Å². The van der Waals surface area contributed by atoms with Crippen molar-refractivity contribution in [3.05, 3.63) is 34.9 Å². The molecule has 4 nitrogen and oxygen atoms in total. The normalized spacial score (nSPS) is 22.2. The Morgan fingerprint density at radius 2 is 2.05 bits per heavy atom. The van der Waals surface area contributed by atoms with Crippen molar-refractivity contribution >= 4 is 17.5 Å². The van der Waals surface area contributed by atoms with Gasteiger partial charge in [0.05, 0.1) is 0 Å². The molecule has 110 valence electrons. The Bertz CT molecular complexity index is 447. The average Bonchev–Trinajstić information content (AvgIpc) is 2.85. The number of carbonyl (C=O) groups is 1. The zero-order valence-corrected chi connectivity index (χ0v) is 12.7. The van der Waals surface area contributed by atoms with Gasteiger partial charge in [0, 0.05) is 17.6 Å². The van der Waals surface area contributed by atoms with Crippen molar-refractivity contribution in [2.75, 3.05) is 0 Å². The van der Waals surface area contributed by atoms with Gasteiger partial charge in [0.25, 0.3) is 0 Å². The summed E-state index contributed by atoms with van der Waals surface area (Å²) >= 11 is 5.83. The zero-order valence-electron chi connectivity index (χ0n) is 11.9. The van der Waals surface area contributed by atoms with Crippen molar-refractivity contribution in [2.45, 2.75) is 45.3 Å². The van der Waals surface area contributed by atoms with Crippen LogP contribution in [0.1, 0.15) is 32.3 Å². The molecule has 20 heavy (non-hydrogen) atoms. The topological polar surface area (TPSA) is 53.2 Å². The third-order valence-corrected chi connectivity index (χ3v) is 3.69. The van der Waals surface area contributed by atoms with Crippen molar-refractivity contribution in [1.29, 1.82) is 0 Å². The predicted octanol–water partition coefficient (Wildman–Crippen LogP) is 2.24. The molecule has 2 atom stereocenters. The third kappa shape index (κ3) is 4.47. The Hall–Kier alpha value is -1.10. The molecule has 2 unspecified atom stereocenters. The Labute approximate surface area is 125 Å². The van der Waals surface area contributed by atoms with Crippen LogP contribution in [0.4, 0.5) is 0 Å². The number of carbonyl (C=O) groups excluding carboxylic acids is 1. The largest absolute Gasteiger partial charge is 0.351 e. The molecule has 1 saturated heterocycles. The van der Waals surface area contributed by atoms with Crippen LogP contribution in [0.3, 0.4) is 0 Å². The van der Waals surface area contributed by atoms with Crippen molar-refractivity contribution in [3.63, 3.8) is 0 Å². The molecule has 2 rings (SSSR count). The van der Waals surface area contributed by atoms with E-state index >= 15 is 0 Å². The second kappa shape index (κ2) is 7.07. The molecule has 1 heterocycles. The van der Waals surface area contributed by atoms with Crippen LogP contribution in [0.5, 0.6) is 0 Å². The van der Waals surface area contributed by atoms with Crippen LogP contribution >= 0.6 is 11.6 Å². The molecule has 0 saturated carbocycles. The summed E-state index contributed by atoms with van der Waals surface area (Å²) in [6.45, 7) is 4.91. The first-order valence-corrected chi connectivity index (χ1v) is 7.45. The molecular formula is C15H22ClN3O. The van der Waals surface area contributed by atoms with Gasteiger partial charge in [-0.1, -0.05) is 37.6 Å². The molecule has 1 aliphatic heterocycles. The molecule has 1 aromatic rings. The van der Waals surface area contributed by atoms with Gasteiger partial charge in [-0.3, -0.25) is 10.2 Å². The van der Waals surface area contributed by atoms with Gasteiger partial charge in [-0.15, -0.1) is 0 Å². The molecule has 1 fully saturated rings. The highest BCUT2D eigenvalue weighted by atomic mass is 35.5. The summed E-state index contributed by atoms with van der Waals surface area (Å²) < 4.78 is 0. The van der Waals surface area contributed by atoms with Gasteiger partial charge in [-0.2, -0.15) is 0 Å². The van der Waals surface area contributed by atoms with Crippen molar-refractivity contribution in [3.8, 4) is 0 Å². The minimum atomic E-state index is -0.147. The maximum absolute atomic E-state index is 12.1. The van der Waals surface area contributed by atoms with Gasteiger partial charge in [0.2, 0.25) is 5.91 Å². The summed E-state index contributed by atoms with van der Waals surface area (Å²) in [6.07, 6.45) is 1.92. The highest BCUT2D eigenvalue weighted by Crippen LogP contribution is 2.14. The Kier molecular flexibility index (Phi) is 5.40. The first-order chi connectivity index (χ1) is 9.54. The van der Waals surface area contributed by atoms with E-state index in [0.717, 1.165) is 18.4 Å². The Morgan fingerprint density at radius 3 is 2.70 bits per heavy atom.